The van der Waals surface area contributed by atoms with E-state index in [2.05, 4.69) is 47.9 Å². The maximum atomic E-state index is 5.61. The van der Waals surface area contributed by atoms with Gasteiger partial charge in [0, 0.05) is 24.6 Å². The molecule has 2 bridgehead atoms. The van der Waals surface area contributed by atoms with E-state index in [0.29, 0.717) is 18.1 Å². The van der Waals surface area contributed by atoms with Crippen LogP contribution in [0.1, 0.15) is 50.4 Å². The molecule has 0 radical (unpaired) electrons. The summed E-state index contributed by atoms with van der Waals surface area (Å²) in [5.74, 6) is 1.11. The lowest BCUT2D eigenvalue weighted by Gasteiger charge is -2.45. The van der Waals surface area contributed by atoms with Crippen LogP contribution in [0, 0.1) is 0 Å². The molecule has 0 saturated carbocycles. The Kier molecular flexibility index (Phi) is 5.79. The van der Waals surface area contributed by atoms with Gasteiger partial charge in [0.25, 0.3) is 0 Å². The van der Waals surface area contributed by atoms with Crippen LogP contribution < -0.4 is 15.5 Å². The molecule has 0 amide bonds. The molecule has 4 nitrogen and oxygen atoms in total. The van der Waals surface area contributed by atoms with Crippen molar-refractivity contribution >= 4 is 23.0 Å². The Labute approximate surface area is 167 Å². The van der Waals surface area contributed by atoms with E-state index < -0.39 is 0 Å². The van der Waals surface area contributed by atoms with Gasteiger partial charge in [0.2, 0.25) is 0 Å². The SMILES string of the molecule is CCc1ccc(NC(=S)NC2C[C@H]3CCC[C@@H](C2)[NH+]3Cc2ccco2)cc1. The summed E-state index contributed by atoms with van der Waals surface area (Å²) in [7, 11) is 0. The molecule has 1 aromatic heterocycles. The minimum Gasteiger partial charge on any atom is -0.463 e. The van der Waals surface area contributed by atoms with E-state index in [1.165, 1.54) is 37.7 Å². The fourth-order valence-corrected chi connectivity index (χ4v) is 5.12. The van der Waals surface area contributed by atoms with Crippen molar-refractivity contribution in [1.82, 2.24) is 5.32 Å². The molecule has 3 heterocycles. The van der Waals surface area contributed by atoms with Gasteiger partial charge in [-0.15, -0.1) is 0 Å². The Hall–Kier alpha value is -1.85. The van der Waals surface area contributed by atoms with Crippen molar-refractivity contribution in [1.29, 1.82) is 0 Å². The predicted molar refractivity (Wildman–Crippen MR) is 113 cm³/mol. The third-order valence-corrected chi connectivity index (χ3v) is 6.43. The number of hydrogen-bond acceptors (Lipinski definition) is 2. The summed E-state index contributed by atoms with van der Waals surface area (Å²) in [6.07, 6.45) is 9.19. The number of furan rings is 1. The summed E-state index contributed by atoms with van der Waals surface area (Å²) in [6, 6.07) is 14.5. The number of aryl methyl sites for hydroxylation is 1. The number of quaternary nitrogens is 1. The molecule has 2 aromatic rings. The number of rotatable bonds is 5. The van der Waals surface area contributed by atoms with Gasteiger partial charge >= 0.3 is 0 Å². The number of anilines is 1. The molecule has 2 aliphatic rings. The van der Waals surface area contributed by atoms with Gasteiger partial charge in [0.15, 0.2) is 10.9 Å². The number of fused-ring (bicyclic) bond motifs is 2. The van der Waals surface area contributed by atoms with Crippen LogP contribution in [-0.4, -0.2) is 23.2 Å². The largest absolute Gasteiger partial charge is 0.463 e. The highest BCUT2D eigenvalue weighted by Crippen LogP contribution is 2.23. The van der Waals surface area contributed by atoms with Gasteiger partial charge in [-0.2, -0.15) is 0 Å². The molecule has 0 aliphatic carbocycles. The third kappa shape index (κ3) is 4.53. The van der Waals surface area contributed by atoms with E-state index in [1.807, 2.05) is 6.07 Å². The zero-order chi connectivity index (χ0) is 18.6. The van der Waals surface area contributed by atoms with Gasteiger partial charge in [-0.05, 0) is 67.7 Å². The van der Waals surface area contributed by atoms with Crippen LogP contribution in [0.5, 0.6) is 0 Å². The van der Waals surface area contributed by atoms with Crippen molar-refractivity contribution in [2.45, 2.75) is 70.1 Å². The van der Waals surface area contributed by atoms with E-state index >= 15 is 0 Å². The van der Waals surface area contributed by atoms with Gasteiger partial charge in [0.05, 0.1) is 18.3 Å². The molecule has 4 rings (SSSR count). The summed E-state index contributed by atoms with van der Waals surface area (Å²) < 4.78 is 5.61. The zero-order valence-electron chi connectivity index (χ0n) is 16.0. The highest BCUT2D eigenvalue weighted by molar-refractivity contribution is 7.80. The average molecular weight is 385 g/mol. The fraction of sp³-hybridized carbons (Fsp3) is 0.500. The molecule has 2 unspecified atom stereocenters. The molecule has 2 aliphatic heterocycles. The number of hydrogen-bond donors (Lipinski definition) is 3. The van der Waals surface area contributed by atoms with E-state index in [-0.39, 0.29) is 0 Å². The second kappa shape index (κ2) is 8.44. The standard InChI is InChI=1S/C22H29N3OS/c1-2-16-8-10-17(11-9-16)23-22(27)24-18-13-19-5-3-6-20(14-18)25(19)15-21-7-4-12-26-21/h4,7-12,18-20H,2-3,5-6,13-15H2,1H3,(H2,23,24,27)/p+1/t18?,19-,20+. The van der Waals surface area contributed by atoms with E-state index in [4.69, 9.17) is 16.6 Å². The molecule has 0 spiro atoms. The number of thiocarbonyl (C=S) groups is 1. The van der Waals surface area contributed by atoms with Gasteiger partial charge in [-0.3, -0.25) is 0 Å². The van der Waals surface area contributed by atoms with E-state index in [0.717, 1.165) is 29.5 Å². The molecule has 144 valence electrons. The van der Waals surface area contributed by atoms with Crippen LogP contribution in [0.3, 0.4) is 0 Å². The molecule has 2 saturated heterocycles. The first-order valence-electron chi connectivity index (χ1n) is 10.3. The highest BCUT2D eigenvalue weighted by atomic mass is 32.1. The van der Waals surface area contributed by atoms with Crippen LogP contribution in [0.15, 0.2) is 47.1 Å². The second-order valence-electron chi connectivity index (χ2n) is 7.97. The molecule has 5 heteroatoms. The van der Waals surface area contributed by atoms with E-state index in [9.17, 15) is 0 Å². The van der Waals surface area contributed by atoms with Gasteiger partial charge in [-0.25, -0.2) is 0 Å². The first-order valence-corrected chi connectivity index (χ1v) is 10.7. The minimum absolute atomic E-state index is 0.468. The van der Waals surface area contributed by atoms with Crippen LogP contribution in [-0.2, 0) is 13.0 Å². The van der Waals surface area contributed by atoms with Crippen molar-refractivity contribution in [3.63, 3.8) is 0 Å². The minimum atomic E-state index is 0.468. The number of benzene rings is 1. The van der Waals surface area contributed by atoms with Crippen LogP contribution >= 0.6 is 12.2 Å². The first kappa shape index (κ1) is 18.5. The Balaban J connectivity index is 1.33. The fourth-order valence-electron chi connectivity index (χ4n) is 4.83. The third-order valence-electron chi connectivity index (χ3n) is 6.21. The van der Waals surface area contributed by atoms with E-state index in [1.54, 1.807) is 11.2 Å². The molecular weight excluding hydrogens is 354 g/mol. The smallest absolute Gasteiger partial charge is 0.171 e. The summed E-state index contributed by atoms with van der Waals surface area (Å²) >= 11 is 5.59. The lowest BCUT2D eigenvalue weighted by Crippen LogP contribution is -3.20. The Morgan fingerprint density at radius 1 is 1.15 bits per heavy atom. The first-order chi connectivity index (χ1) is 13.2. The molecule has 4 atom stereocenters. The summed E-state index contributed by atoms with van der Waals surface area (Å²) in [4.78, 5) is 1.71. The molecule has 2 fully saturated rings. The van der Waals surface area contributed by atoms with Crippen LogP contribution in [0.4, 0.5) is 5.69 Å². The quantitative estimate of drug-likeness (QED) is 0.692. The summed E-state index contributed by atoms with van der Waals surface area (Å²) in [6.45, 7) is 3.19. The van der Waals surface area contributed by atoms with Crippen LogP contribution in [0.25, 0.3) is 0 Å². The Bertz CT molecular complexity index is 729. The predicted octanol–water partition coefficient (Wildman–Crippen LogP) is 3.30. The lowest BCUT2D eigenvalue weighted by molar-refractivity contribution is -0.974. The maximum absolute atomic E-state index is 5.61. The van der Waals surface area contributed by atoms with Crippen molar-refractivity contribution in [2.24, 2.45) is 0 Å². The van der Waals surface area contributed by atoms with Gasteiger partial charge in [0.1, 0.15) is 6.54 Å². The van der Waals surface area contributed by atoms with Crippen molar-refractivity contribution in [2.75, 3.05) is 5.32 Å². The number of piperidine rings is 2. The summed E-state index contributed by atoms with van der Waals surface area (Å²) in [5, 5.41) is 7.69. The lowest BCUT2D eigenvalue weighted by atomic mass is 9.81. The summed E-state index contributed by atoms with van der Waals surface area (Å²) in [5.41, 5.74) is 2.41. The number of nitrogens with one attached hydrogen (secondary N) is 3. The molecule has 3 N–H and O–H groups in total. The normalized spacial score (nSPS) is 27.1. The molecular formula is C22H30N3OS+. The monoisotopic (exact) mass is 384 g/mol. The van der Waals surface area contributed by atoms with Crippen molar-refractivity contribution < 1.29 is 9.32 Å². The highest BCUT2D eigenvalue weighted by Gasteiger charge is 2.42. The molecule has 27 heavy (non-hydrogen) atoms. The van der Waals surface area contributed by atoms with Crippen molar-refractivity contribution in [3.8, 4) is 0 Å². The Morgan fingerprint density at radius 3 is 2.52 bits per heavy atom. The van der Waals surface area contributed by atoms with Gasteiger partial charge in [-0.1, -0.05) is 19.1 Å². The van der Waals surface area contributed by atoms with Gasteiger partial charge < -0.3 is 20.0 Å². The van der Waals surface area contributed by atoms with Crippen molar-refractivity contribution in [3.05, 3.63) is 54.0 Å². The topological polar surface area (TPSA) is 41.6 Å². The maximum Gasteiger partial charge on any atom is 0.171 e. The second-order valence-corrected chi connectivity index (χ2v) is 8.38. The Morgan fingerprint density at radius 2 is 1.89 bits per heavy atom. The van der Waals surface area contributed by atoms with Crippen LogP contribution in [0.2, 0.25) is 0 Å². The average Bonchev–Trinajstić information content (AvgIpc) is 3.16. The zero-order valence-corrected chi connectivity index (χ0v) is 16.9. The molecule has 1 aromatic carbocycles.